The van der Waals surface area contributed by atoms with Crippen molar-refractivity contribution in [3.8, 4) is 0 Å². The molecule has 0 bridgehead atoms. The predicted molar refractivity (Wildman–Crippen MR) is 73.8 cm³/mol. The molecular formula is C15H27NO2. The third-order valence-corrected chi connectivity index (χ3v) is 3.78. The molecular weight excluding hydrogens is 226 g/mol. The van der Waals surface area contributed by atoms with Crippen LogP contribution in [0.1, 0.15) is 38.5 Å². The standard InChI is InChI=1S/C15H27NO2/c1-2-6-14(7-3-1)12-16-9-5-10-17-13-15-8-4-11-18-15/h1-2,14-16H,3-13H2. The molecule has 104 valence electrons. The Morgan fingerprint density at radius 2 is 2.28 bits per heavy atom. The fourth-order valence-electron chi connectivity index (χ4n) is 2.64. The average molecular weight is 253 g/mol. The summed E-state index contributed by atoms with van der Waals surface area (Å²) in [6, 6.07) is 0. The molecule has 18 heavy (non-hydrogen) atoms. The minimum Gasteiger partial charge on any atom is -0.379 e. The summed E-state index contributed by atoms with van der Waals surface area (Å²) in [4.78, 5) is 0. The van der Waals surface area contributed by atoms with Crippen LogP contribution in [0.5, 0.6) is 0 Å². The van der Waals surface area contributed by atoms with Crippen LogP contribution in [0, 0.1) is 5.92 Å². The largest absolute Gasteiger partial charge is 0.379 e. The van der Waals surface area contributed by atoms with Crippen molar-refractivity contribution in [2.45, 2.75) is 44.6 Å². The summed E-state index contributed by atoms with van der Waals surface area (Å²) in [6.07, 6.45) is 12.3. The lowest BCUT2D eigenvalue weighted by Gasteiger charge is -2.18. The second-order valence-electron chi connectivity index (χ2n) is 5.42. The van der Waals surface area contributed by atoms with Gasteiger partial charge in [0.05, 0.1) is 12.7 Å². The number of hydrogen-bond donors (Lipinski definition) is 1. The quantitative estimate of drug-likeness (QED) is 0.532. The zero-order valence-electron chi connectivity index (χ0n) is 11.4. The van der Waals surface area contributed by atoms with E-state index in [9.17, 15) is 0 Å². The smallest absolute Gasteiger partial charge is 0.0809 e. The second-order valence-corrected chi connectivity index (χ2v) is 5.42. The third-order valence-electron chi connectivity index (χ3n) is 3.78. The topological polar surface area (TPSA) is 30.5 Å². The van der Waals surface area contributed by atoms with E-state index in [1.54, 1.807) is 0 Å². The zero-order valence-corrected chi connectivity index (χ0v) is 11.4. The Morgan fingerprint density at radius 1 is 1.28 bits per heavy atom. The number of rotatable bonds is 8. The summed E-state index contributed by atoms with van der Waals surface area (Å²) < 4.78 is 11.1. The summed E-state index contributed by atoms with van der Waals surface area (Å²) in [5.41, 5.74) is 0. The Balaban J connectivity index is 1.36. The van der Waals surface area contributed by atoms with E-state index in [0.717, 1.165) is 45.2 Å². The molecule has 1 aliphatic carbocycles. The van der Waals surface area contributed by atoms with E-state index in [2.05, 4.69) is 17.5 Å². The van der Waals surface area contributed by atoms with E-state index in [1.165, 1.54) is 32.1 Å². The van der Waals surface area contributed by atoms with Gasteiger partial charge in [-0.25, -0.2) is 0 Å². The first-order valence-electron chi connectivity index (χ1n) is 7.50. The van der Waals surface area contributed by atoms with Crippen LogP contribution in [0.4, 0.5) is 0 Å². The van der Waals surface area contributed by atoms with E-state index in [-0.39, 0.29) is 0 Å². The van der Waals surface area contributed by atoms with Gasteiger partial charge in [0, 0.05) is 13.2 Å². The highest BCUT2D eigenvalue weighted by Gasteiger charge is 2.14. The molecule has 0 amide bonds. The highest BCUT2D eigenvalue weighted by Crippen LogP contribution is 2.16. The van der Waals surface area contributed by atoms with E-state index in [0.29, 0.717) is 6.10 Å². The Kier molecular flexibility index (Phi) is 6.77. The van der Waals surface area contributed by atoms with Gasteiger partial charge in [-0.15, -0.1) is 0 Å². The van der Waals surface area contributed by atoms with Gasteiger partial charge in [0.1, 0.15) is 0 Å². The van der Waals surface area contributed by atoms with E-state index in [1.807, 2.05) is 0 Å². The molecule has 1 fully saturated rings. The zero-order chi connectivity index (χ0) is 12.5. The van der Waals surface area contributed by atoms with Crippen molar-refractivity contribution in [3.05, 3.63) is 12.2 Å². The lowest BCUT2D eigenvalue weighted by atomic mass is 9.94. The normalized spacial score (nSPS) is 27.8. The van der Waals surface area contributed by atoms with E-state index >= 15 is 0 Å². The van der Waals surface area contributed by atoms with Gasteiger partial charge in [0.15, 0.2) is 0 Å². The number of nitrogens with one attached hydrogen (secondary N) is 1. The Hall–Kier alpha value is -0.380. The minimum atomic E-state index is 0.368. The van der Waals surface area contributed by atoms with Gasteiger partial charge in [-0.2, -0.15) is 0 Å². The fraction of sp³-hybridized carbons (Fsp3) is 0.867. The molecule has 0 aromatic carbocycles. The van der Waals surface area contributed by atoms with Crippen molar-refractivity contribution in [1.82, 2.24) is 5.32 Å². The Bertz CT molecular complexity index is 237. The van der Waals surface area contributed by atoms with Gasteiger partial charge in [0.25, 0.3) is 0 Å². The SMILES string of the molecule is C1=CCC(CNCCCOCC2CCCO2)CC1. The average Bonchev–Trinajstić information content (AvgIpc) is 2.92. The van der Waals surface area contributed by atoms with Crippen LogP contribution in [-0.4, -0.2) is 39.0 Å². The van der Waals surface area contributed by atoms with Crippen LogP contribution in [0.25, 0.3) is 0 Å². The molecule has 2 unspecified atom stereocenters. The van der Waals surface area contributed by atoms with E-state index < -0.39 is 0 Å². The molecule has 2 rings (SSSR count). The van der Waals surface area contributed by atoms with E-state index in [4.69, 9.17) is 9.47 Å². The Labute approximate surface area is 111 Å². The minimum absolute atomic E-state index is 0.368. The Morgan fingerprint density at radius 3 is 3.06 bits per heavy atom. The maximum absolute atomic E-state index is 5.63. The van der Waals surface area contributed by atoms with Gasteiger partial charge >= 0.3 is 0 Å². The third kappa shape index (κ3) is 5.51. The maximum atomic E-state index is 5.63. The second kappa shape index (κ2) is 8.68. The van der Waals surface area contributed by atoms with Crippen molar-refractivity contribution in [2.24, 2.45) is 5.92 Å². The first-order valence-corrected chi connectivity index (χ1v) is 7.50. The predicted octanol–water partition coefficient (Wildman–Crippen LogP) is 2.52. The molecule has 2 aliphatic rings. The number of allylic oxidation sites excluding steroid dienone is 2. The van der Waals surface area contributed by atoms with Gasteiger partial charge < -0.3 is 14.8 Å². The number of hydrogen-bond acceptors (Lipinski definition) is 3. The van der Waals surface area contributed by atoms with Crippen molar-refractivity contribution in [2.75, 3.05) is 32.9 Å². The van der Waals surface area contributed by atoms with Crippen molar-refractivity contribution < 1.29 is 9.47 Å². The van der Waals surface area contributed by atoms with Crippen LogP contribution in [0.15, 0.2) is 12.2 Å². The van der Waals surface area contributed by atoms with Gasteiger partial charge in [-0.1, -0.05) is 12.2 Å². The highest BCUT2D eigenvalue weighted by atomic mass is 16.5. The van der Waals surface area contributed by atoms with Gasteiger partial charge in [0.2, 0.25) is 0 Å². The van der Waals surface area contributed by atoms with Crippen molar-refractivity contribution in [3.63, 3.8) is 0 Å². The van der Waals surface area contributed by atoms with Crippen LogP contribution < -0.4 is 5.32 Å². The molecule has 0 saturated carbocycles. The summed E-state index contributed by atoms with van der Waals surface area (Å²) >= 11 is 0. The molecule has 1 aliphatic heterocycles. The molecule has 0 aromatic heterocycles. The maximum Gasteiger partial charge on any atom is 0.0809 e. The lowest BCUT2D eigenvalue weighted by Crippen LogP contribution is -2.25. The van der Waals surface area contributed by atoms with Crippen molar-refractivity contribution >= 4 is 0 Å². The molecule has 2 atom stereocenters. The fourth-order valence-corrected chi connectivity index (χ4v) is 2.64. The van der Waals surface area contributed by atoms with Gasteiger partial charge in [-0.05, 0) is 57.5 Å². The summed E-state index contributed by atoms with van der Waals surface area (Å²) in [7, 11) is 0. The van der Waals surface area contributed by atoms with Crippen LogP contribution in [-0.2, 0) is 9.47 Å². The van der Waals surface area contributed by atoms with Crippen LogP contribution in [0.2, 0.25) is 0 Å². The summed E-state index contributed by atoms with van der Waals surface area (Å²) in [5.74, 6) is 0.850. The lowest BCUT2D eigenvalue weighted by molar-refractivity contribution is 0.0166. The molecule has 1 N–H and O–H groups in total. The molecule has 0 aromatic rings. The van der Waals surface area contributed by atoms with Gasteiger partial charge in [-0.3, -0.25) is 0 Å². The van der Waals surface area contributed by atoms with Crippen molar-refractivity contribution in [1.29, 1.82) is 0 Å². The summed E-state index contributed by atoms with van der Waals surface area (Å²) in [6.45, 7) is 4.80. The molecule has 1 heterocycles. The summed E-state index contributed by atoms with van der Waals surface area (Å²) in [5, 5.41) is 3.54. The van der Waals surface area contributed by atoms with Crippen LogP contribution >= 0.6 is 0 Å². The molecule has 3 heteroatoms. The molecule has 0 spiro atoms. The highest BCUT2D eigenvalue weighted by molar-refractivity contribution is 4.90. The molecule has 3 nitrogen and oxygen atoms in total. The monoisotopic (exact) mass is 253 g/mol. The molecule has 1 saturated heterocycles. The first-order chi connectivity index (χ1) is 8.95. The van der Waals surface area contributed by atoms with Crippen LogP contribution in [0.3, 0.4) is 0 Å². The molecule has 0 radical (unpaired) electrons. The first kappa shape index (κ1) is 14.0. The number of ether oxygens (including phenoxy) is 2.